The maximum Gasteiger partial charge on any atom is 0.260 e. The van der Waals surface area contributed by atoms with Crippen molar-refractivity contribution in [1.29, 1.82) is 0 Å². The van der Waals surface area contributed by atoms with Crippen LogP contribution in [0.3, 0.4) is 0 Å². The van der Waals surface area contributed by atoms with Crippen molar-refractivity contribution >= 4 is 11.6 Å². The third-order valence-corrected chi connectivity index (χ3v) is 6.36. The number of quaternary nitrogens is 1. The molecule has 31 heavy (non-hydrogen) atoms. The summed E-state index contributed by atoms with van der Waals surface area (Å²) in [7, 11) is 0. The molecule has 2 aromatic rings. The largest absolute Gasteiger partial charge is 0.477 e. The van der Waals surface area contributed by atoms with E-state index in [0.717, 1.165) is 52.1 Å². The average Bonchev–Trinajstić information content (AvgIpc) is 2.80. The second-order valence-corrected chi connectivity index (χ2v) is 8.68. The Bertz CT molecular complexity index is 914. The molecule has 7 heteroatoms. The minimum Gasteiger partial charge on any atom is -0.477 e. The first-order valence-electron chi connectivity index (χ1n) is 11.2. The fourth-order valence-electron chi connectivity index (χ4n) is 4.27. The van der Waals surface area contributed by atoms with E-state index in [9.17, 15) is 9.59 Å². The molecule has 0 aliphatic carbocycles. The Morgan fingerprint density at radius 2 is 1.84 bits per heavy atom. The molecule has 1 aromatic carbocycles. The summed E-state index contributed by atoms with van der Waals surface area (Å²) in [6.45, 7) is 8.20. The molecule has 0 saturated carbocycles. The van der Waals surface area contributed by atoms with Crippen molar-refractivity contribution in [2.75, 3.05) is 50.8 Å². The number of benzene rings is 1. The fourth-order valence-corrected chi connectivity index (χ4v) is 4.27. The molecule has 4 rings (SSSR count). The first-order chi connectivity index (χ1) is 15.1. The van der Waals surface area contributed by atoms with Crippen LogP contribution in [-0.2, 0) is 11.3 Å². The van der Waals surface area contributed by atoms with Gasteiger partial charge in [0.1, 0.15) is 12.8 Å². The number of para-hydroxylation sites is 1. The van der Waals surface area contributed by atoms with Crippen LogP contribution in [-0.4, -0.2) is 56.7 Å². The van der Waals surface area contributed by atoms with Crippen molar-refractivity contribution in [2.45, 2.75) is 26.3 Å². The predicted molar refractivity (Wildman–Crippen MR) is 119 cm³/mol. The molecule has 1 aromatic heterocycles. The van der Waals surface area contributed by atoms with Gasteiger partial charge in [-0.2, -0.15) is 0 Å². The van der Waals surface area contributed by atoms with Gasteiger partial charge in [0.05, 0.1) is 26.2 Å². The van der Waals surface area contributed by atoms with Gasteiger partial charge in [0.2, 0.25) is 11.2 Å². The number of nitrogens with one attached hydrogen (secondary N) is 1. The van der Waals surface area contributed by atoms with Gasteiger partial charge in [-0.15, -0.1) is 0 Å². The molecule has 166 valence electrons. The van der Waals surface area contributed by atoms with E-state index in [1.165, 1.54) is 22.9 Å². The van der Waals surface area contributed by atoms with Crippen LogP contribution in [0, 0.1) is 5.92 Å². The maximum atomic E-state index is 12.4. The lowest BCUT2D eigenvalue weighted by Crippen LogP contribution is -3.13. The minimum atomic E-state index is -0.233. The summed E-state index contributed by atoms with van der Waals surface area (Å²) in [6, 6.07) is 11.9. The zero-order valence-electron chi connectivity index (χ0n) is 18.2. The highest BCUT2D eigenvalue weighted by atomic mass is 16.5. The number of rotatable bonds is 6. The molecule has 0 atom stereocenters. The van der Waals surface area contributed by atoms with Crippen LogP contribution in [0.4, 0.5) is 5.69 Å². The van der Waals surface area contributed by atoms with E-state index >= 15 is 0 Å². The lowest BCUT2D eigenvalue weighted by atomic mass is 9.99. The number of ether oxygens (including phenoxy) is 1. The van der Waals surface area contributed by atoms with Crippen molar-refractivity contribution in [1.82, 2.24) is 4.90 Å². The molecule has 7 nitrogen and oxygen atoms in total. The van der Waals surface area contributed by atoms with Crippen molar-refractivity contribution in [3.63, 3.8) is 0 Å². The third-order valence-electron chi connectivity index (χ3n) is 6.36. The second-order valence-electron chi connectivity index (χ2n) is 8.68. The summed E-state index contributed by atoms with van der Waals surface area (Å²) >= 11 is 0. The standard InChI is InChI=1S/C24H31N3O4/c1-19-7-9-27(10-8-19)24(29)18-31-23-17-30-21(15-22(23)28)16-25-11-13-26(14-12-25)20-5-3-2-4-6-20/h2-6,15,17,19H,7-14,16,18H2,1H3/p+1. The number of likely N-dealkylation sites (tertiary alicyclic amines) is 1. The molecule has 2 saturated heterocycles. The molecule has 0 unspecified atom stereocenters. The summed E-state index contributed by atoms with van der Waals surface area (Å²) in [6.07, 6.45) is 3.39. The predicted octanol–water partition coefficient (Wildman–Crippen LogP) is 1.18. The third kappa shape index (κ3) is 5.67. The van der Waals surface area contributed by atoms with Crippen LogP contribution in [0.5, 0.6) is 5.75 Å². The molecule has 1 N–H and O–H groups in total. The maximum absolute atomic E-state index is 12.4. The zero-order chi connectivity index (χ0) is 21.6. The number of hydrogen-bond acceptors (Lipinski definition) is 5. The highest BCUT2D eigenvalue weighted by molar-refractivity contribution is 5.77. The molecule has 1 amide bonds. The van der Waals surface area contributed by atoms with Gasteiger partial charge in [0.25, 0.3) is 5.91 Å². The van der Waals surface area contributed by atoms with Crippen molar-refractivity contribution < 1.29 is 18.8 Å². The quantitative estimate of drug-likeness (QED) is 0.752. The fraction of sp³-hybridized carbons (Fsp3) is 0.500. The van der Waals surface area contributed by atoms with Gasteiger partial charge in [-0.25, -0.2) is 0 Å². The van der Waals surface area contributed by atoms with Crippen LogP contribution in [0.25, 0.3) is 0 Å². The molecule has 0 radical (unpaired) electrons. The number of amides is 1. The highest BCUT2D eigenvalue weighted by Gasteiger charge is 2.23. The monoisotopic (exact) mass is 426 g/mol. The molecule has 0 spiro atoms. The molecule has 3 heterocycles. The van der Waals surface area contributed by atoms with Crippen molar-refractivity contribution in [3.8, 4) is 5.75 Å². The van der Waals surface area contributed by atoms with E-state index in [2.05, 4.69) is 36.1 Å². The van der Waals surface area contributed by atoms with Crippen LogP contribution >= 0.6 is 0 Å². The first-order valence-corrected chi connectivity index (χ1v) is 11.2. The number of carbonyl (C=O) groups excluding carboxylic acids is 1. The Morgan fingerprint density at radius 3 is 2.52 bits per heavy atom. The van der Waals surface area contributed by atoms with Crippen LogP contribution < -0.4 is 20.0 Å². The average molecular weight is 427 g/mol. The Balaban J connectivity index is 1.25. The molecular formula is C24H32N3O4+. The smallest absolute Gasteiger partial charge is 0.260 e. The molecule has 2 aliphatic heterocycles. The summed E-state index contributed by atoms with van der Waals surface area (Å²) in [5.41, 5.74) is 1.02. The van der Waals surface area contributed by atoms with Gasteiger partial charge in [0, 0.05) is 24.8 Å². The Hall–Kier alpha value is -2.80. The summed E-state index contributed by atoms with van der Waals surface area (Å²) in [5, 5.41) is 0. The number of piperidine rings is 1. The van der Waals surface area contributed by atoms with Gasteiger partial charge < -0.3 is 23.9 Å². The van der Waals surface area contributed by atoms with E-state index in [0.29, 0.717) is 18.2 Å². The van der Waals surface area contributed by atoms with Crippen LogP contribution in [0.1, 0.15) is 25.5 Å². The van der Waals surface area contributed by atoms with E-state index in [-0.39, 0.29) is 23.7 Å². The second kappa shape index (κ2) is 10.0. The Labute approximate surface area is 183 Å². The summed E-state index contributed by atoms with van der Waals surface area (Å²) in [5.74, 6) is 1.34. The number of hydrogen-bond donors (Lipinski definition) is 1. The SMILES string of the molecule is CC1CCN(C(=O)COc2coc(C[NH+]3CCN(c4ccccc4)CC3)cc2=O)CC1. The number of piperazine rings is 1. The molecule has 2 aliphatic rings. The van der Waals surface area contributed by atoms with Crippen molar-refractivity contribution in [3.05, 3.63) is 58.6 Å². The summed E-state index contributed by atoms with van der Waals surface area (Å²) in [4.78, 5) is 30.3. The van der Waals surface area contributed by atoms with E-state index in [1.807, 2.05) is 11.0 Å². The lowest BCUT2D eigenvalue weighted by molar-refractivity contribution is -0.915. The molecule has 2 fully saturated rings. The normalized spacial score (nSPS) is 18.2. The van der Waals surface area contributed by atoms with Gasteiger partial charge >= 0.3 is 0 Å². The van der Waals surface area contributed by atoms with Crippen LogP contribution in [0.2, 0.25) is 0 Å². The number of carbonyl (C=O) groups is 1. The summed E-state index contributed by atoms with van der Waals surface area (Å²) < 4.78 is 11.1. The van der Waals surface area contributed by atoms with Gasteiger partial charge in [-0.3, -0.25) is 9.59 Å². The Kier molecular flexibility index (Phi) is 6.92. The topological polar surface area (TPSA) is 67.4 Å². The van der Waals surface area contributed by atoms with E-state index < -0.39 is 0 Å². The number of nitrogens with zero attached hydrogens (tertiary/aromatic N) is 2. The Morgan fingerprint density at radius 1 is 1.13 bits per heavy atom. The van der Waals surface area contributed by atoms with Gasteiger partial charge in [0.15, 0.2) is 12.4 Å². The van der Waals surface area contributed by atoms with Gasteiger partial charge in [-0.05, 0) is 30.9 Å². The molecule has 0 bridgehead atoms. The number of anilines is 1. The van der Waals surface area contributed by atoms with Gasteiger partial charge in [-0.1, -0.05) is 25.1 Å². The minimum absolute atomic E-state index is 0.0730. The van der Waals surface area contributed by atoms with Crippen LogP contribution in [0.15, 0.2) is 51.9 Å². The van der Waals surface area contributed by atoms with E-state index in [1.54, 1.807) is 0 Å². The highest BCUT2D eigenvalue weighted by Crippen LogP contribution is 2.16. The first kappa shape index (κ1) is 21.4. The lowest BCUT2D eigenvalue weighted by Gasteiger charge is -2.33. The zero-order valence-corrected chi connectivity index (χ0v) is 18.2. The van der Waals surface area contributed by atoms with E-state index in [4.69, 9.17) is 9.15 Å². The van der Waals surface area contributed by atoms with Crippen molar-refractivity contribution in [2.24, 2.45) is 5.92 Å². The molecular weight excluding hydrogens is 394 g/mol.